The van der Waals surface area contributed by atoms with Crippen LogP contribution in [0.5, 0.6) is 0 Å². The zero-order valence-corrected chi connectivity index (χ0v) is 28.3. The SMILES string of the molecule is CCCC[N+](CCCC)(CCCC)CCCC.O=S(=O)([O-])C(F)(F)C(F)(F)C(F)(F)C(F)(F)C(F)(F)C(F)(F)C(F)(F)C(F)(F)C(F)(F)C(F)(F)F. The number of hydrogen-bond donors (Lipinski definition) is 0. The summed E-state index contributed by atoms with van der Waals surface area (Å²) in [6.45, 7) is 15.0. The van der Waals surface area contributed by atoms with E-state index in [4.69, 9.17) is 0 Å². The van der Waals surface area contributed by atoms with Gasteiger partial charge < -0.3 is 9.04 Å². The third-order valence-electron chi connectivity index (χ3n) is 7.74. The van der Waals surface area contributed by atoms with Gasteiger partial charge in [0.05, 0.1) is 26.2 Å². The zero-order valence-electron chi connectivity index (χ0n) is 27.5. The molecule has 52 heavy (non-hydrogen) atoms. The highest BCUT2D eigenvalue weighted by Gasteiger charge is 2.98. The van der Waals surface area contributed by atoms with Crippen molar-refractivity contribution in [1.29, 1.82) is 0 Å². The lowest BCUT2D eigenvalue weighted by Crippen LogP contribution is -2.77. The topological polar surface area (TPSA) is 57.2 Å². The van der Waals surface area contributed by atoms with Gasteiger partial charge in [-0.3, -0.25) is 0 Å². The highest BCUT2D eigenvalue weighted by molar-refractivity contribution is 7.86. The van der Waals surface area contributed by atoms with Crippen LogP contribution in [0.15, 0.2) is 0 Å². The summed E-state index contributed by atoms with van der Waals surface area (Å²) in [6.07, 6.45) is 2.97. The zero-order chi connectivity index (χ0) is 42.5. The maximum absolute atomic E-state index is 13.3. The van der Waals surface area contributed by atoms with E-state index in [0.29, 0.717) is 0 Å². The van der Waals surface area contributed by atoms with Crippen molar-refractivity contribution in [2.24, 2.45) is 0 Å². The highest BCUT2D eigenvalue weighted by atomic mass is 32.2. The molecule has 0 aromatic heterocycles. The van der Waals surface area contributed by atoms with Crippen LogP contribution in [-0.4, -0.2) is 102 Å². The molecule has 0 atom stereocenters. The van der Waals surface area contributed by atoms with Gasteiger partial charge in [0, 0.05) is 0 Å². The quantitative estimate of drug-likeness (QED) is 0.0657. The minimum Gasteiger partial charge on any atom is -0.743 e. The molecule has 0 spiro atoms. The van der Waals surface area contributed by atoms with E-state index in [0.717, 1.165) is 0 Å². The van der Waals surface area contributed by atoms with Gasteiger partial charge in [-0.2, -0.15) is 92.2 Å². The minimum atomic E-state index is -9.40. The van der Waals surface area contributed by atoms with Crippen molar-refractivity contribution in [2.75, 3.05) is 26.2 Å². The smallest absolute Gasteiger partial charge is 0.460 e. The summed E-state index contributed by atoms with van der Waals surface area (Å²) in [6, 6.07) is 0. The summed E-state index contributed by atoms with van der Waals surface area (Å²) >= 11 is 0. The first kappa shape index (κ1) is 52.5. The van der Waals surface area contributed by atoms with Crippen LogP contribution in [0.25, 0.3) is 0 Å². The Morgan fingerprint density at radius 2 is 0.577 bits per heavy atom. The molecule has 0 aromatic carbocycles. The molecule has 0 amide bonds. The third kappa shape index (κ3) is 9.25. The Bertz CT molecular complexity index is 1180. The van der Waals surface area contributed by atoms with Crippen molar-refractivity contribution in [3.63, 3.8) is 0 Å². The van der Waals surface area contributed by atoms with Crippen molar-refractivity contribution < 1.29 is 110 Å². The van der Waals surface area contributed by atoms with E-state index in [2.05, 4.69) is 27.7 Å². The molecule has 0 radical (unpaired) electrons. The predicted octanol–water partition coefficient (Wildman–Crippen LogP) is 10.8. The second-order valence-electron chi connectivity index (χ2n) is 11.7. The molecular formula is C26H36F21NO3S. The van der Waals surface area contributed by atoms with Crippen molar-refractivity contribution >= 4 is 10.1 Å². The molecule has 0 unspecified atom stereocenters. The number of unbranched alkanes of at least 4 members (excludes halogenated alkanes) is 4. The molecule has 0 aliphatic carbocycles. The Labute approximate surface area is 284 Å². The summed E-state index contributed by atoms with van der Waals surface area (Å²) < 4.78 is 301. The van der Waals surface area contributed by atoms with Gasteiger partial charge >= 0.3 is 58.8 Å². The largest absolute Gasteiger partial charge is 0.743 e. The van der Waals surface area contributed by atoms with Gasteiger partial charge in [-0.05, 0) is 25.7 Å². The number of quaternary nitrogens is 1. The second-order valence-corrected chi connectivity index (χ2v) is 13.1. The van der Waals surface area contributed by atoms with Gasteiger partial charge in [-0.1, -0.05) is 53.4 Å². The molecule has 0 rings (SSSR count). The molecule has 0 aliphatic rings. The Morgan fingerprint density at radius 3 is 0.750 bits per heavy atom. The van der Waals surface area contributed by atoms with Gasteiger partial charge in [-0.15, -0.1) is 0 Å². The number of hydrogen-bond acceptors (Lipinski definition) is 3. The minimum absolute atomic E-state index is 1.35. The maximum atomic E-state index is 13.3. The van der Waals surface area contributed by atoms with E-state index in [1.165, 1.54) is 82.0 Å². The molecular weight excluding hydrogens is 805 g/mol. The first-order valence-electron chi connectivity index (χ1n) is 15.0. The normalized spacial score (nSPS) is 15.4. The molecule has 26 heteroatoms. The van der Waals surface area contributed by atoms with Crippen molar-refractivity contribution in [2.45, 2.75) is 138 Å². The van der Waals surface area contributed by atoms with Crippen molar-refractivity contribution in [1.82, 2.24) is 0 Å². The number of alkyl halides is 21. The molecule has 0 aromatic rings. The lowest BCUT2D eigenvalue weighted by Gasteiger charge is -2.44. The van der Waals surface area contributed by atoms with Crippen LogP contribution in [0.4, 0.5) is 92.2 Å². The summed E-state index contributed by atoms with van der Waals surface area (Å²) in [5.41, 5.74) is 0. The molecule has 316 valence electrons. The summed E-state index contributed by atoms with van der Waals surface area (Å²) in [5, 5.41) is -8.17. The monoisotopic (exact) mass is 841 g/mol. The molecule has 0 aliphatic heterocycles. The first-order valence-corrected chi connectivity index (χ1v) is 16.4. The van der Waals surface area contributed by atoms with Gasteiger partial charge in [0.1, 0.15) is 0 Å². The Morgan fingerprint density at radius 1 is 0.385 bits per heavy atom. The predicted molar refractivity (Wildman–Crippen MR) is 140 cm³/mol. The van der Waals surface area contributed by atoms with E-state index in [1.807, 2.05) is 0 Å². The summed E-state index contributed by atoms with van der Waals surface area (Å²) in [5.74, 6) is -72.8. The Balaban J connectivity index is 0. The third-order valence-corrected chi connectivity index (χ3v) is 8.62. The summed E-state index contributed by atoms with van der Waals surface area (Å²) in [7, 11) is -8.34. The van der Waals surface area contributed by atoms with Crippen LogP contribution >= 0.6 is 0 Å². The maximum Gasteiger partial charge on any atom is 0.460 e. The molecule has 4 nitrogen and oxygen atoms in total. The van der Waals surface area contributed by atoms with E-state index >= 15 is 0 Å². The molecule has 0 fully saturated rings. The van der Waals surface area contributed by atoms with Gasteiger partial charge in [0.2, 0.25) is 0 Å². The van der Waals surface area contributed by atoms with Gasteiger partial charge in [0.25, 0.3) is 0 Å². The fourth-order valence-corrected chi connectivity index (χ4v) is 4.79. The fourth-order valence-electron chi connectivity index (χ4n) is 4.35. The molecule has 0 saturated carbocycles. The number of nitrogens with zero attached hydrogens (tertiary/aromatic N) is 1. The molecule has 0 heterocycles. The van der Waals surface area contributed by atoms with Crippen LogP contribution in [0.2, 0.25) is 0 Å². The van der Waals surface area contributed by atoms with E-state index in [1.54, 1.807) is 0 Å². The lowest BCUT2D eigenvalue weighted by molar-refractivity contribution is -0.929. The van der Waals surface area contributed by atoms with Crippen LogP contribution < -0.4 is 0 Å². The highest BCUT2D eigenvalue weighted by Crippen LogP contribution is 2.66. The van der Waals surface area contributed by atoms with Crippen LogP contribution in [0.3, 0.4) is 0 Å². The number of rotatable bonds is 21. The Kier molecular flexibility index (Phi) is 17.2. The van der Waals surface area contributed by atoms with E-state index in [-0.39, 0.29) is 0 Å². The van der Waals surface area contributed by atoms with E-state index < -0.39 is 68.9 Å². The lowest BCUT2D eigenvalue weighted by atomic mass is 9.87. The van der Waals surface area contributed by atoms with Crippen molar-refractivity contribution in [3.05, 3.63) is 0 Å². The fraction of sp³-hybridized carbons (Fsp3) is 1.00. The van der Waals surface area contributed by atoms with Crippen LogP contribution in [-0.2, 0) is 10.1 Å². The Hall–Kier alpha value is -1.60. The summed E-state index contributed by atoms with van der Waals surface area (Å²) in [4.78, 5) is 0. The molecule has 0 bridgehead atoms. The van der Waals surface area contributed by atoms with Crippen LogP contribution in [0, 0.1) is 0 Å². The average Bonchev–Trinajstić information content (AvgIpc) is 2.98. The van der Waals surface area contributed by atoms with Crippen molar-refractivity contribution in [3.8, 4) is 0 Å². The van der Waals surface area contributed by atoms with Gasteiger partial charge in [0.15, 0.2) is 10.1 Å². The molecule has 0 N–H and O–H groups in total. The second kappa shape index (κ2) is 17.0. The standard InChI is InChI=1S/C16H36N.C10HF21O3S/c1-5-9-13-17(14-10-6-2,15-11-7-3)16-12-8-4;11-1(12,3(15,16)5(19,20)7(23,24)9(27,28)29)2(13,14)4(17,18)6(21,22)8(25,26)10(30,31)35(32,33)34/h5-16H2,1-4H3;(H,32,33,34)/q+1;/p-1. The molecule has 0 saturated heterocycles. The van der Waals surface area contributed by atoms with Gasteiger partial charge in [-0.25, -0.2) is 8.42 Å². The number of halogens is 21. The average molecular weight is 842 g/mol. The van der Waals surface area contributed by atoms with E-state index in [9.17, 15) is 105 Å². The van der Waals surface area contributed by atoms with Crippen LogP contribution in [0.1, 0.15) is 79.1 Å². The first-order chi connectivity index (χ1) is 22.7.